The van der Waals surface area contributed by atoms with Crippen molar-refractivity contribution < 1.29 is 19.4 Å². The van der Waals surface area contributed by atoms with Crippen molar-refractivity contribution in [2.24, 2.45) is 5.10 Å². The molecule has 2 aromatic rings. The number of hydrazone groups is 1. The fraction of sp³-hybridized carbons (Fsp3) is 0.294. The summed E-state index contributed by atoms with van der Waals surface area (Å²) in [5.41, 5.74) is 5.91. The van der Waals surface area contributed by atoms with E-state index in [1.807, 2.05) is 13.8 Å². The van der Waals surface area contributed by atoms with Crippen LogP contribution in [0, 0.1) is 13.8 Å². The lowest BCUT2D eigenvalue weighted by Gasteiger charge is -2.06. The molecule has 0 radical (unpaired) electrons. The van der Waals surface area contributed by atoms with E-state index >= 15 is 0 Å². The lowest BCUT2D eigenvalue weighted by atomic mass is 10.1. The number of ether oxygens (including phenoxy) is 1. The molecule has 0 aliphatic carbocycles. The number of carboxylic acids is 1. The summed E-state index contributed by atoms with van der Waals surface area (Å²) in [4.78, 5) is 22.5. The third-order valence-corrected chi connectivity index (χ3v) is 3.55. The number of carbonyl (C=O) groups is 2. The largest absolute Gasteiger partial charge is 0.481 e. The second-order valence-corrected chi connectivity index (χ2v) is 5.43. The zero-order valence-corrected chi connectivity index (χ0v) is 14.1. The summed E-state index contributed by atoms with van der Waals surface area (Å²) >= 11 is 0. The van der Waals surface area contributed by atoms with E-state index in [1.165, 1.54) is 6.21 Å². The Morgan fingerprint density at radius 2 is 2.12 bits per heavy atom. The summed E-state index contributed by atoms with van der Waals surface area (Å²) in [7, 11) is 0. The van der Waals surface area contributed by atoms with Crippen LogP contribution in [0.4, 0.5) is 0 Å². The summed E-state index contributed by atoms with van der Waals surface area (Å²) < 4.78 is 5.16. The van der Waals surface area contributed by atoms with E-state index in [1.54, 1.807) is 24.3 Å². The highest BCUT2D eigenvalue weighted by Crippen LogP contribution is 2.15. The molecule has 1 aromatic carbocycles. The van der Waals surface area contributed by atoms with Gasteiger partial charge in [0.05, 0.1) is 11.9 Å². The third kappa shape index (κ3) is 5.45. The third-order valence-electron chi connectivity index (χ3n) is 3.55. The van der Waals surface area contributed by atoms with Crippen molar-refractivity contribution >= 4 is 18.1 Å². The van der Waals surface area contributed by atoms with Crippen LogP contribution in [0.2, 0.25) is 0 Å². The first-order valence-electron chi connectivity index (χ1n) is 7.73. The van der Waals surface area contributed by atoms with Crippen molar-refractivity contribution in [1.29, 1.82) is 0 Å². The summed E-state index contributed by atoms with van der Waals surface area (Å²) in [6, 6.07) is 6.84. The number of H-pyrrole nitrogens is 1. The summed E-state index contributed by atoms with van der Waals surface area (Å²) in [5.74, 6) is -0.905. The van der Waals surface area contributed by atoms with Gasteiger partial charge in [-0.1, -0.05) is 12.1 Å². The number of nitrogens with zero attached hydrogens (tertiary/aromatic N) is 2. The van der Waals surface area contributed by atoms with Crippen LogP contribution in [-0.2, 0) is 16.0 Å². The molecule has 1 amide bonds. The highest BCUT2D eigenvalue weighted by Gasteiger charge is 2.09. The molecule has 1 aromatic heterocycles. The number of nitrogens with one attached hydrogen (secondary N) is 2. The number of aromatic amines is 1. The Labute approximate surface area is 144 Å². The van der Waals surface area contributed by atoms with Crippen LogP contribution in [-0.4, -0.2) is 40.0 Å². The van der Waals surface area contributed by atoms with E-state index < -0.39 is 12.6 Å². The maximum absolute atomic E-state index is 11.9. The number of hydrogen-bond acceptors (Lipinski definition) is 5. The Morgan fingerprint density at radius 1 is 1.36 bits per heavy atom. The Balaban J connectivity index is 1.88. The van der Waals surface area contributed by atoms with Gasteiger partial charge in [-0.25, -0.2) is 10.2 Å². The lowest BCUT2D eigenvalue weighted by Crippen LogP contribution is -2.18. The predicted molar refractivity (Wildman–Crippen MR) is 91.7 cm³/mol. The van der Waals surface area contributed by atoms with E-state index in [0.29, 0.717) is 17.7 Å². The van der Waals surface area contributed by atoms with E-state index in [2.05, 4.69) is 20.7 Å². The molecule has 132 valence electrons. The van der Waals surface area contributed by atoms with E-state index in [-0.39, 0.29) is 12.3 Å². The molecule has 0 bridgehead atoms. The Bertz CT molecular complexity index is 763. The Hall–Kier alpha value is -3.16. The number of aromatic nitrogens is 2. The van der Waals surface area contributed by atoms with E-state index in [4.69, 9.17) is 9.84 Å². The van der Waals surface area contributed by atoms with Gasteiger partial charge in [-0.05, 0) is 38.0 Å². The van der Waals surface area contributed by atoms with Crippen LogP contribution in [0.15, 0.2) is 29.4 Å². The molecule has 3 N–H and O–H groups in total. The normalized spacial score (nSPS) is 10.8. The number of aryl methyl sites for hydroxylation is 2. The second-order valence-electron chi connectivity index (χ2n) is 5.43. The van der Waals surface area contributed by atoms with Gasteiger partial charge in [-0.2, -0.15) is 10.2 Å². The quantitative estimate of drug-likeness (QED) is 0.496. The van der Waals surface area contributed by atoms with Crippen LogP contribution in [0.3, 0.4) is 0 Å². The molecule has 0 aliphatic rings. The molecule has 0 atom stereocenters. The molecule has 0 saturated carbocycles. The smallest absolute Gasteiger partial charge is 0.341 e. The Kier molecular flexibility index (Phi) is 6.27. The predicted octanol–water partition coefficient (Wildman–Crippen LogP) is 1.57. The van der Waals surface area contributed by atoms with Gasteiger partial charge in [0.25, 0.3) is 0 Å². The minimum Gasteiger partial charge on any atom is -0.481 e. The maximum Gasteiger partial charge on any atom is 0.341 e. The molecular weight excluding hydrogens is 324 g/mol. The van der Waals surface area contributed by atoms with Crippen molar-refractivity contribution in [2.45, 2.75) is 26.7 Å². The Morgan fingerprint density at radius 3 is 2.80 bits per heavy atom. The van der Waals surface area contributed by atoms with Crippen LogP contribution in [0.25, 0.3) is 0 Å². The fourth-order valence-electron chi connectivity index (χ4n) is 2.27. The molecule has 0 unspecified atom stereocenters. The van der Waals surface area contributed by atoms with Gasteiger partial charge in [0.2, 0.25) is 5.91 Å². The molecule has 0 fully saturated rings. The standard InChI is InChI=1S/C17H20N4O4/c1-11-14(12(2)20-19-11)7-8-16(22)21-18-9-13-5-3-4-6-15(13)25-10-17(23)24/h3-6,9H,7-8,10H2,1-2H3,(H,19,20)(H,21,22)(H,23,24)/b18-9+. The minimum absolute atomic E-state index is 0.222. The first-order chi connectivity index (χ1) is 12.0. The highest BCUT2D eigenvalue weighted by atomic mass is 16.5. The molecule has 0 spiro atoms. The zero-order valence-electron chi connectivity index (χ0n) is 14.1. The number of amides is 1. The molecule has 0 aliphatic heterocycles. The van der Waals surface area contributed by atoms with E-state index in [9.17, 15) is 9.59 Å². The van der Waals surface area contributed by atoms with E-state index in [0.717, 1.165) is 17.0 Å². The number of hydrogen-bond donors (Lipinski definition) is 3. The summed E-state index contributed by atoms with van der Waals surface area (Å²) in [5, 5.41) is 19.5. The monoisotopic (exact) mass is 344 g/mol. The number of rotatable bonds is 8. The van der Waals surface area contributed by atoms with Gasteiger partial charge >= 0.3 is 5.97 Å². The average molecular weight is 344 g/mol. The van der Waals surface area contributed by atoms with Crippen molar-refractivity contribution in [3.63, 3.8) is 0 Å². The first kappa shape index (κ1) is 18.2. The van der Waals surface area contributed by atoms with Crippen molar-refractivity contribution in [1.82, 2.24) is 15.6 Å². The minimum atomic E-state index is -1.06. The number of para-hydroxylation sites is 1. The molecule has 8 heteroatoms. The van der Waals surface area contributed by atoms with Gasteiger partial charge in [0.15, 0.2) is 6.61 Å². The number of carbonyl (C=O) groups excluding carboxylic acids is 1. The van der Waals surface area contributed by atoms with Gasteiger partial charge < -0.3 is 9.84 Å². The molecule has 0 saturated heterocycles. The van der Waals surface area contributed by atoms with Crippen LogP contribution >= 0.6 is 0 Å². The first-order valence-corrected chi connectivity index (χ1v) is 7.73. The number of carboxylic acid groups (broad SMARTS) is 1. The zero-order chi connectivity index (χ0) is 18.2. The van der Waals surface area contributed by atoms with Crippen LogP contribution < -0.4 is 10.2 Å². The molecular formula is C17H20N4O4. The lowest BCUT2D eigenvalue weighted by molar-refractivity contribution is -0.139. The maximum atomic E-state index is 11.9. The van der Waals surface area contributed by atoms with Gasteiger partial charge in [0.1, 0.15) is 5.75 Å². The molecule has 2 rings (SSSR count). The van der Waals surface area contributed by atoms with Crippen LogP contribution in [0.1, 0.15) is 28.9 Å². The van der Waals surface area contributed by atoms with Gasteiger partial charge in [0, 0.05) is 17.7 Å². The van der Waals surface area contributed by atoms with Gasteiger partial charge in [-0.3, -0.25) is 9.89 Å². The number of benzene rings is 1. The second kappa shape index (κ2) is 8.62. The average Bonchev–Trinajstić information content (AvgIpc) is 2.90. The molecule has 25 heavy (non-hydrogen) atoms. The number of aliphatic carboxylic acids is 1. The topological polar surface area (TPSA) is 117 Å². The molecule has 8 nitrogen and oxygen atoms in total. The molecule has 1 heterocycles. The SMILES string of the molecule is Cc1n[nH]c(C)c1CCC(=O)N/N=C/c1ccccc1OCC(=O)O. The van der Waals surface area contributed by atoms with Gasteiger partial charge in [-0.15, -0.1) is 0 Å². The van der Waals surface area contributed by atoms with Crippen molar-refractivity contribution in [3.05, 3.63) is 46.8 Å². The summed E-state index contributed by atoms with van der Waals surface area (Å²) in [6.07, 6.45) is 2.28. The fourth-order valence-corrected chi connectivity index (χ4v) is 2.27. The van der Waals surface area contributed by atoms with Crippen LogP contribution in [0.5, 0.6) is 5.75 Å². The van der Waals surface area contributed by atoms with Crippen molar-refractivity contribution in [3.8, 4) is 5.75 Å². The highest BCUT2D eigenvalue weighted by molar-refractivity contribution is 5.85. The summed E-state index contributed by atoms with van der Waals surface area (Å²) in [6.45, 7) is 3.36. The van der Waals surface area contributed by atoms with Crippen molar-refractivity contribution in [2.75, 3.05) is 6.61 Å².